The van der Waals surface area contributed by atoms with Crippen molar-refractivity contribution in [2.45, 2.75) is 38.9 Å². The Bertz CT molecular complexity index is 327. The number of hydrogen-bond acceptors (Lipinski definition) is 2. The summed E-state index contributed by atoms with van der Waals surface area (Å²) in [4.78, 5) is 0. The van der Waals surface area contributed by atoms with Crippen molar-refractivity contribution < 1.29 is 13.0 Å². The van der Waals surface area contributed by atoms with Crippen LogP contribution in [-0.4, -0.2) is 18.2 Å². The lowest BCUT2D eigenvalue weighted by atomic mass is 9.82. The highest BCUT2D eigenvalue weighted by atomic mass is 32.2. The van der Waals surface area contributed by atoms with E-state index < -0.39 is 15.4 Å². The smallest absolute Gasteiger partial charge is 0.271 e. The minimum atomic E-state index is -3.91. The molecule has 0 aromatic carbocycles. The predicted molar refractivity (Wildman–Crippen MR) is 56.7 cm³/mol. The monoisotopic (exact) mass is 218 g/mol. The standard InChI is InChI=1S/C10H18O3S/c1-7(2)9-5-4-8(3)10(6-9)14(11,12)13/h4,7,9-10H,5-6H2,1-3H3,(H,11,12,13)/t9-,10+/m1/s1. The second-order valence-corrected chi connectivity index (χ2v) is 6.03. The first-order chi connectivity index (χ1) is 6.32. The molecule has 0 fully saturated rings. The minimum absolute atomic E-state index is 0.366. The van der Waals surface area contributed by atoms with Gasteiger partial charge in [0.05, 0.1) is 0 Å². The fourth-order valence-electron chi connectivity index (χ4n) is 1.93. The Morgan fingerprint density at radius 3 is 2.50 bits per heavy atom. The molecular formula is C10H18O3S. The van der Waals surface area contributed by atoms with Crippen molar-refractivity contribution in [1.82, 2.24) is 0 Å². The van der Waals surface area contributed by atoms with Gasteiger partial charge in [-0.2, -0.15) is 8.42 Å². The second-order valence-electron chi connectivity index (χ2n) is 4.43. The molecule has 14 heavy (non-hydrogen) atoms. The van der Waals surface area contributed by atoms with Crippen molar-refractivity contribution >= 4 is 10.1 Å². The number of allylic oxidation sites excluding steroid dienone is 1. The van der Waals surface area contributed by atoms with Crippen LogP contribution in [0.2, 0.25) is 0 Å². The van der Waals surface area contributed by atoms with Gasteiger partial charge in [0.2, 0.25) is 0 Å². The molecule has 0 heterocycles. The molecule has 1 aliphatic rings. The fourth-order valence-corrected chi connectivity index (χ4v) is 2.98. The first-order valence-corrected chi connectivity index (χ1v) is 6.45. The highest BCUT2D eigenvalue weighted by molar-refractivity contribution is 7.86. The van der Waals surface area contributed by atoms with E-state index in [9.17, 15) is 8.42 Å². The van der Waals surface area contributed by atoms with Crippen LogP contribution in [0, 0.1) is 11.8 Å². The van der Waals surface area contributed by atoms with E-state index in [4.69, 9.17) is 4.55 Å². The van der Waals surface area contributed by atoms with Gasteiger partial charge < -0.3 is 0 Å². The van der Waals surface area contributed by atoms with Crippen molar-refractivity contribution in [1.29, 1.82) is 0 Å². The van der Waals surface area contributed by atoms with E-state index in [1.165, 1.54) is 0 Å². The maximum atomic E-state index is 11.1. The molecule has 1 rings (SSSR count). The zero-order valence-corrected chi connectivity index (χ0v) is 9.71. The third kappa shape index (κ3) is 2.58. The lowest BCUT2D eigenvalue weighted by Gasteiger charge is -2.28. The van der Waals surface area contributed by atoms with E-state index in [1.807, 2.05) is 6.08 Å². The molecule has 4 heteroatoms. The highest BCUT2D eigenvalue weighted by Crippen LogP contribution is 2.32. The van der Waals surface area contributed by atoms with Crippen molar-refractivity contribution in [2.75, 3.05) is 0 Å². The van der Waals surface area contributed by atoms with Gasteiger partial charge in [0.25, 0.3) is 10.1 Å². The molecule has 0 bridgehead atoms. The van der Waals surface area contributed by atoms with Gasteiger partial charge in [-0.1, -0.05) is 25.5 Å². The van der Waals surface area contributed by atoms with Crippen molar-refractivity contribution in [2.24, 2.45) is 11.8 Å². The lowest BCUT2D eigenvalue weighted by Crippen LogP contribution is -2.29. The molecule has 82 valence electrons. The first-order valence-electron chi connectivity index (χ1n) is 4.95. The Hall–Kier alpha value is -0.350. The van der Waals surface area contributed by atoms with Gasteiger partial charge in [0.1, 0.15) is 5.25 Å². The van der Waals surface area contributed by atoms with Crippen LogP contribution in [0.15, 0.2) is 11.6 Å². The maximum absolute atomic E-state index is 11.1. The molecule has 0 radical (unpaired) electrons. The molecule has 0 unspecified atom stereocenters. The largest absolute Gasteiger partial charge is 0.285 e. The molecule has 0 saturated carbocycles. The Labute approximate surface area is 86.0 Å². The van der Waals surface area contributed by atoms with Gasteiger partial charge in [-0.25, -0.2) is 0 Å². The van der Waals surface area contributed by atoms with Gasteiger partial charge in [-0.3, -0.25) is 4.55 Å². The van der Waals surface area contributed by atoms with E-state index in [0.29, 0.717) is 18.3 Å². The quantitative estimate of drug-likeness (QED) is 0.571. The summed E-state index contributed by atoms with van der Waals surface area (Å²) in [6, 6.07) is 0. The normalized spacial score (nSPS) is 29.1. The summed E-state index contributed by atoms with van der Waals surface area (Å²) in [7, 11) is -3.91. The molecule has 0 aromatic heterocycles. The van der Waals surface area contributed by atoms with Gasteiger partial charge in [0, 0.05) is 0 Å². The topological polar surface area (TPSA) is 54.4 Å². The van der Waals surface area contributed by atoms with Gasteiger partial charge in [-0.15, -0.1) is 0 Å². The first kappa shape index (κ1) is 11.7. The SMILES string of the molecule is CC1=CC[C@@H](C(C)C)C[C@@H]1S(=O)(=O)O. The van der Waals surface area contributed by atoms with E-state index in [2.05, 4.69) is 13.8 Å². The highest BCUT2D eigenvalue weighted by Gasteiger charge is 2.31. The maximum Gasteiger partial charge on any atom is 0.271 e. The van der Waals surface area contributed by atoms with Crippen LogP contribution in [0.1, 0.15) is 33.6 Å². The molecule has 0 saturated heterocycles. The van der Waals surface area contributed by atoms with Crippen LogP contribution in [-0.2, 0) is 10.1 Å². The summed E-state index contributed by atoms with van der Waals surface area (Å²) in [5.74, 6) is 0.828. The molecule has 0 spiro atoms. The lowest BCUT2D eigenvalue weighted by molar-refractivity contribution is 0.342. The molecule has 1 N–H and O–H groups in total. The predicted octanol–water partition coefficient (Wildman–Crippen LogP) is 2.26. The fraction of sp³-hybridized carbons (Fsp3) is 0.800. The molecule has 1 aliphatic carbocycles. The average molecular weight is 218 g/mol. The van der Waals surface area contributed by atoms with Crippen molar-refractivity contribution in [3.63, 3.8) is 0 Å². The van der Waals surface area contributed by atoms with Crippen LogP contribution < -0.4 is 0 Å². The summed E-state index contributed by atoms with van der Waals surface area (Å²) in [6.07, 6.45) is 3.42. The summed E-state index contributed by atoms with van der Waals surface area (Å²) in [5, 5.41) is -0.677. The van der Waals surface area contributed by atoms with Gasteiger partial charge in [-0.05, 0) is 31.6 Å². The second kappa shape index (κ2) is 4.03. The van der Waals surface area contributed by atoms with Crippen LogP contribution in [0.5, 0.6) is 0 Å². The van der Waals surface area contributed by atoms with Crippen LogP contribution in [0.3, 0.4) is 0 Å². The molecule has 0 amide bonds. The molecule has 2 atom stereocenters. The molecule has 0 aromatic rings. The van der Waals surface area contributed by atoms with Crippen LogP contribution in [0.4, 0.5) is 0 Å². The van der Waals surface area contributed by atoms with E-state index in [-0.39, 0.29) is 0 Å². The number of hydrogen-bond donors (Lipinski definition) is 1. The average Bonchev–Trinajstić information content (AvgIpc) is 2.02. The number of rotatable bonds is 2. The van der Waals surface area contributed by atoms with E-state index >= 15 is 0 Å². The summed E-state index contributed by atoms with van der Waals surface area (Å²) >= 11 is 0. The Morgan fingerprint density at radius 1 is 1.50 bits per heavy atom. The van der Waals surface area contributed by atoms with Gasteiger partial charge >= 0.3 is 0 Å². The zero-order valence-electron chi connectivity index (χ0n) is 8.90. The van der Waals surface area contributed by atoms with Crippen LogP contribution >= 0.6 is 0 Å². The third-order valence-electron chi connectivity index (χ3n) is 3.07. The van der Waals surface area contributed by atoms with Crippen molar-refractivity contribution in [3.05, 3.63) is 11.6 Å². The summed E-state index contributed by atoms with van der Waals surface area (Å²) in [5.41, 5.74) is 0.782. The molecular weight excluding hydrogens is 200 g/mol. The van der Waals surface area contributed by atoms with E-state index in [0.717, 1.165) is 12.0 Å². The Kier molecular flexibility index (Phi) is 3.37. The summed E-state index contributed by atoms with van der Waals surface area (Å²) in [6.45, 7) is 5.94. The molecule has 3 nitrogen and oxygen atoms in total. The van der Waals surface area contributed by atoms with E-state index in [1.54, 1.807) is 6.92 Å². The Morgan fingerprint density at radius 2 is 2.07 bits per heavy atom. The van der Waals surface area contributed by atoms with Crippen molar-refractivity contribution in [3.8, 4) is 0 Å². The molecule has 0 aliphatic heterocycles. The van der Waals surface area contributed by atoms with Gasteiger partial charge in [0.15, 0.2) is 0 Å². The minimum Gasteiger partial charge on any atom is -0.285 e. The third-order valence-corrected chi connectivity index (χ3v) is 4.35. The summed E-state index contributed by atoms with van der Waals surface area (Å²) < 4.78 is 31.2. The Balaban J connectivity index is 2.88. The van der Waals surface area contributed by atoms with Crippen LogP contribution in [0.25, 0.3) is 0 Å². The zero-order chi connectivity index (χ0) is 10.9.